The first-order chi connectivity index (χ1) is 16.0. The molecule has 6 heteroatoms. The largest absolute Gasteiger partial charge is 0.493 e. The van der Waals surface area contributed by atoms with Crippen molar-refractivity contribution in [2.24, 2.45) is 0 Å². The molecule has 170 valence electrons. The summed E-state index contributed by atoms with van der Waals surface area (Å²) in [4.78, 5) is 40.1. The van der Waals surface area contributed by atoms with Crippen LogP contribution in [0.2, 0.25) is 0 Å². The molecule has 3 aromatic rings. The van der Waals surface area contributed by atoms with Crippen LogP contribution >= 0.6 is 0 Å². The van der Waals surface area contributed by atoms with Gasteiger partial charge in [-0.15, -0.1) is 0 Å². The number of amides is 2. The Balaban J connectivity index is 1.79. The van der Waals surface area contributed by atoms with Crippen molar-refractivity contribution in [2.45, 2.75) is 46.5 Å². The van der Waals surface area contributed by atoms with Gasteiger partial charge >= 0.3 is 5.97 Å². The monoisotopic (exact) mass is 445 g/mol. The molecular formula is C27H27NO5. The first-order valence-electron chi connectivity index (χ1n) is 11.4. The number of nitrogens with zero attached hydrogens (tertiary/aromatic N) is 1. The van der Waals surface area contributed by atoms with E-state index in [0.29, 0.717) is 47.8 Å². The van der Waals surface area contributed by atoms with Crippen LogP contribution in [0.1, 0.15) is 66.3 Å². The van der Waals surface area contributed by atoms with Gasteiger partial charge in [-0.05, 0) is 66.4 Å². The third kappa shape index (κ3) is 4.09. The van der Waals surface area contributed by atoms with E-state index in [-0.39, 0.29) is 11.9 Å². The van der Waals surface area contributed by atoms with Gasteiger partial charge in [-0.3, -0.25) is 14.4 Å². The minimum atomic E-state index is -0.414. The SMILES string of the molecule is CCCC(=O)Oc1ccc(N2C(=O)c3c(OCC)cc4cccc(CCC)c4c3C2=O)cc1. The third-order valence-electron chi connectivity index (χ3n) is 5.65. The van der Waals surface area contributed by atoms with Crippen molar-refractivity contribution in [2.75, 3.05) is 11.5 Å². The molecule has 33 heavy (non-hydrogen) atoms. The zero-order chi connectivity index (χ0) is 23.5. The van der Waals surface area contributed by atoms with Crippen LogP contribution in [-0.2, 0) is 11.2 Å². The minimum Gasteiger partial charge on any atom is -0.493 e. The molecule has 0 saturated heterocycles. The normalized spacial score (nSPS) is 12.9. The van der Waals surface area contributed by atoms with Crippen molar-refractivity contribution in [3.8, 4) is 11.5 Å². The Morgan fingerprint density at radius 3 is 2.30 bits per heavy atom. The fraction of sp³-hybridized carbons (Fsp3) is 0.296. The molecular weight excluding hydrogens is 418 g/mol. The maximum atomic E-state index is 13.6. The average Bonchev–Trinajstić information content (AvgIpc) is 3.06. The van der Waals surface area contributed by atoms with Crippen LogP contribution in [0, 0.1) is 0 Å². The molecule has 0 atom stereocenters. The molecule has 1 aliphatic rings. The van der Waals surface area contributed by atoms with Crippen LogP contribution in [-0.4, -0.2) is 24.4 Å². The number of ether oxygens (including phenoxy) is 2. The Morgan fingerprint density at radius 1 is 0.909 bits per heavy atom. The van der Waals surface area contributed by atoms with Gasteiger partial charge in [-0.1, -0.05) is 38.5 Å². The summed E-state index contributed by atoms with van der Waals surface area (Å²) < 4.78 is 11.1. The van der Waals surface area contributed by atoms with Crippen molar-refractivity contribution in [1.82, 2.24) is 0 Å². The first kappa shape index (κ1) is 22.5. The number of hydrogen-bond acceptors (Lipinski definition) is 5. The average molecular weight is 446 g/mol. The number of anilines is 1. The zero-order valence-electron chi connectivity index (χ0n) is 19.1. The van der Waals surface area contributed by atoms with Gasteiger partial charge < -0.3 is 9.47 Å². The Kier molecular flexibility index (Phi) is 6.45. The number of rotatable bonds is 8. The maximum absolute atomic E-state index is 13.6. The summed E-state index contributed by atoms with van der Waals surface area (Å²) in [6.07, 6.45) is 2.75. The summed E-state index contributed by atoms with van der Waals surface area (Å²) in [6.45, 7) is 6.22. The second-order valence-corrected chi connectivity index (χ2v) is 7.99. The molecule has 0 aliphatic carbocycles. The molecule has 1 heterocycles. The molecule has 0 saturated carbocycles. The van der Waals surface area contributed by atoms with Gasteiger partial charge in [0.05, 0.1) is 23.4 Å². The van der Waals surface area contributed by atoms with E-state index in [1.54, 1.807) is 24.3 Å². The third-order valence-corrected chi connectivity index (χ3v) is 5.65. The van der Waals surface area contributed by atoms with Crippen molar-refractivity contribution < 1.29 is 23.9 Å². The van der Waals surface area contributed by atoms with Crippen LogP contribution in [0.25, 0.3) is 10.8 Å². The second-order valence-electron chi connectivity index (χ2n) is 7.99. The van der Waals surface area contributed by atoms with Crippen molar-refractivity contribution in [3.05, 3.63) is 65.2 Å². The van der Waals surface area contributed by atoms with Crippen LogP contribution in [0.5, 0.6) is 11.5 Å². The van der Waals surface area contributed by atoms with Crippen molar-refractivity contribution >= 4 is 34.2 Å². The zero-order valence-corrected chi connectivity index (χ0v) is 19.1. The lowest BCUT2D eigenvalue weighted by molar-refractivity contribution is -0.134. The lowest BCUT2D eigenvalue weighted by Gasteiger charge is -2.14. The summed E-state index contributed by atoms with van der Waals surface area (Å²) in [5.74, 6) is -0.315. The van der Waals surface area contributed by atoms with Crippen LogP contribution in [0.3, 0.4) is 0 Å². The Hall–Kier alpha value is -3.67. The number of carbonyl (C=O) groups excluding carboxylic acids is 3. The fourth-order valence-corrected chi connectivity index (χ4v) is 4.28. The highest BCUT2D eigenvalue weighted by atomic mass is 16.5. The Labute approximate surface area is 193 Å². The lowest BCUT2D eigenvalue weighted by Crippen LogP contribution is -2.29. The highest BCUT2D eigenvalue weighted by molar-refractivity contribution is 6.38. The summed E-state index contributed by atoms with van der Waals surface area (Å²) in [5.41, 5.74) is 2.15. The number of benzene rings is 3. The summed E-state index contributed by atoms with van der Waals surface area (Å²) in [7, 11) is 0. The number of hydrogen-bond donors (Lipinski definition) is 0. The highest BCUT2D eigenvalue weighted by Gasteiger charge is 2.41. The van der Waals surface area contributed by atoms with E-state index in [1.165, 1.54) is 4.90 Å². The van der Waals surface area contributed by atoms with E-state index in [4.69, 9.17) is 9.47 Å². The van der Waals surface area contributed by atoms with Gasteiger partial charge in [0.1, 0.15) is 11.5 Å². The molecule has 2 amide bonds. The van der Waals surface area contributed by atoms with E-state index in [1.807, 2.05) is 38.1 Å². The number of carbonyl (C=O) groups is 3. The van der Waals surface area contributed by atoms with Crippen molar-refractivity contribution in [1.29, 1.82) is 0 Å². The highest BCUT2D eigenvalue weighted by Crippen LogP contribution is 2.41. The number of esters is 1. The lowest BCUT2D eigenvalue weighted by atomic mass is 9.93. The standard InChI is InChI=1S/C27H27NO5/c1-4-8-17-10-7-11-18-16-21(32-6-3)24-25(23(17)18)27(31)28(26(24)30)19-12-14-20(15-13-19)33-22(29)9-5-2/h7,10-16H,4-6,8-9H2,1-3H3. The van der Waals surface area contributed by atoms with E-state index in [9.17, 15) is 14.4 Å². The molecule has 0 unspecified atom stereocenters. The predicted octanol–water partition coefficient (Wildman–Crippen LogP) is 5.70. The van der Waals surface area contributed by atoms with Gasteiger partial charge in [0, 0.05) is 6.42 Å². The van der Waals surface area contributed by atoms with E-state index in [2.05, 4.69) is 6.92 Å². The number of imide groups is 1. The summed E-state index contributed by atoms with van der Waals surface area (Å²) in [5, 5.41) is 1.69. The molecule has 3 aromatic carbocycles. The number of fused-ring (bicyclic) bond motifs is 3. The topological polar surface area (TPSA) is 72.9 Å². The van der Waals surface area contributed by atoms with Gasteiger partial charge in [0.25, 0.3) is 11.8 Å². The minimum absolute atomic E-state index is 0.302. The predicted molar refractivity (Wildman–Crippen MR) is 127 cm³/mol. The quantitative estimate of drug-likeness (QED) is 0.253. The molecule has 6 nitrogen and oxygen atoms in total. The first-order valence-corrected chi connectivity index (χ1v) is 11.4. The molecule has 0 radical (unpaired) electrons. The van der Waals surface area contributed by atoms with Gasteiger partial charge in [0.15, 0.2) is 0 Å². The van der Waals surface area contributed by atoms with Crippen LogP contribution < -0.4 is 14.4 Å². The second kappa shape index (κ2) is 9.45. The molecule has 0 spiro atoms. The van der Waals surface area contributed by atoms with Gasteiger partial charge in [0.2, 0.25) is 0 Å². The Morgan fingerprint density at radius 2 is 1.64 bits per heavy atom. The van der Waals surface area contributed by atoms with Crippen LogP contribution in [0.15, 0.2) is 48.5 Å². The molecule has 0 aromatic heterocycles. The molecule has 0 fully saturated rings. The molecule has 0 bridgehead atoms. The van der Waals surface area contributed by atoms with Crippen LogP contribution in [0.4, 0.5) is 5.69 Å². The smallest absolute Gasteiger partial charge is 0.311 e. The van der Waals surface area contributed by atoms with Gasteiger partial charge in [-0.25, -0.2) is 4.90 Å². The molecule has 4 rings (SSSR count). The summed E-state index contributed by atoms with van der Waals surface area (Å²) in [6, 6.07) is 14.2. The maximum Gasteiger partial charge on any atom is 0.311 e. The van der Waals surface area contributed by atoms with Gasteiger partial charge in [-0.2, -0.15) is 0 Å². The van der Waals surface area contributed by atoms with Crippen molar-refractivity contribution in [3.63, 3.8) is 0 Å². The summed E-state index contributed by atoms with van der Waals surface area (Å²) >= 11 is 0. The van der Waals surface area contributed by atoms with E-state index < -0.39 is 5.91 Å². The fourth-order valence-electron chi connectivity index (χ4n) is 4.28. The Bertz CT molecular complexity index is 1230. The van der Waals surface area contributed by atoms with E-state index >= 15 is 0 Å². The molecule has 0 N–H and O–H groups in total. The number of aryl methyl sites for hydroxylation is 1. The van der Waals surface area contributed by atoms with E-state index in [0.717, 1.165) is 29.2 Å². The molecule has 1 aliphatic heterocycles.